The molecule has 0 bridgehead atoms. The molecule has 0 spiro atoms. The van der Waals surface area contributed by atoms with E-state index < -0.39 is 12.1 Å². The summed E-state index contributed by atoms with van der Waals surface area (Å²) in [4.78, 5) is 54.5. The maximum Gasteiger partial charge on any atom is 0.270 e. The van der Waals surface area contributed by atoms with E-state index in [0.717, 1.165) is 49.8 Å². The Labute approximate surface area is 284 Å². The summed E-state index contributed by atoms with van der Waals surface area (Å²) in [6.45, 7) is 3.81. The van der Waals surface area contributed by atoms with Crippen LogP contribution < -0.4 is 16.0 Å². The quantitative estimate of drug-likeness (QED) is 0.226. The molecule has 2 fully saturated rings. The number of carbonyl (C=O) groups is 4. The van der Waals surface area contributed by atoms with Gasteiger partial charge in [-0.15, -0.1) is 0 Å². The summed E-state index contributed by atoms with van der Waals surface area (Å²) in [5.74, 6) is -0.280. The summed E-state index contributed by atoms with van der Waals surface area (Å²) < 4.78 is 1.53. The van der Waals surface area contributed by atoms with Gasteiger partial charge in [-0.25, -0.2) is 0 Å². The minimum absolute atomic E-state index is 0.0524. The molecular formula is C38H50N6O4. The fourth-order valence-electron chi connectivity index (χ4n) is 6.94. The van der Waals surface area contributed by atoms with E-state index in [9.17, 15) is 19.2 Å². The van der Waals surface area contributed by atoms with Crippen molar-refractivity contribution in [2.75, 3.05) is 13.1 Å². The first kappa shape index (κ1) is 35.0. The minimum Gasteiger partial charge on any atom is -0.344 e. The Hall–Kier alpha value is -4.31. The Balaban J connectivity index is 1.16. The Kier molecular flexibility index (Phi) is 12.5. The van der Waals surface area contributed by atoms with Gasteiger partial charge in [0.15, 0.2) is 5.78 Å². The lowest BCUT2D eigenvalue weighted by molar-refractivity contribution is -0.135. The van der Waals surface area contributed by atoms with Crippen LogP contribution in [-0.4, -0.2) is 69.4 Å². The number of carbonyl (C=O) groups excluding carboxylic acids is 4. The molecule has 2 aromatic carbocycles. The van der Waals surface area contributed by atoms with E-state index >= 15 is 0 Å². The van der Waals surface area contributed by atoms with Crippen LogP contribution in [0.1, 0.15) is 85.5 Å². The van der Waals surface area contributed by atoms with Crippen molar-refractivity contribution in [1.82, 2.24) is 30.6 Å². The van der Waals surface area contributed by atoms with Crippen LogP contribution in [0.3, 0.4) is 0 Å². The molecule has 5 rings (SSSR count). The zero-order valence-electron chi connectivity index (χ0n) is 28.3. The molecule has 3 aromatic rings. The van der Waals surface area contributed by atoms with Gasteiger partial charge < -0.3 is 20.9 Å². The first-order chi connectivity index (χ1) is 23.3. The van der Waals surface area contributed by atoms with Gasteiger partial charge in [0, 0.05) is 58.2 Å². The lowest BCUT2D eigenvalue weighted by Gasteiger charge is -2.30. The molecule has 3 amide bonds. The number of Topliss-reactive ketones (excluding diaryl/α,β-unsaturated/α-hetero) is 1. The number of nitrogens with one attached hydrogen (secondary N) is 3. The molecule has 2 heterocycles. The Morgan fingerprint density at radius 2 is 1.60 bits per heavy atom. The van der Waals surface area contributed by atoms with Crippen molar-refractivity contribution < 1.29 is 19.2 Å². The van der Waals surface area contributed by atoms with Crippen LogP contribution in [0.4, 0.5) is 0 Å². The van der Waals surface area contributed by atoms with Gasteiger partial charge in [-0.3, -0.25) is 23.9 Å². The number of likely N-dealkylation sites (tertiary alicyclic amines) is 1. The lowest BCUT2D eigenvalue weighted by atomic mass is 9.81. The van der Waals surface area contributed by atoms with E-state index in [1.54, 1.807) is 26.2 Å². The molecule has 3 N–H and O–H groups in total. The summed E-state index contributed by atoms with van der Waals surface area (Å²) in [6, 6.07) is 18.9. The highest BCUT2D eigenvalue weighted by atomic mass is 16.2. The fourth-order valence-corrected chi connectivity index (χ4v) is 6.94. The van der Waals surface area contributed by atoms with Gasteiger partial charge >= 0.3 is 0 Å². The Bertz CT molecular complexity index is 1520. The van der Waals surface area contributed by atoms with Crippen LogP contribution in [0.5, 0.6) is 0 Å². The molecule has 0 unspecified atom stereocenters. The van der Waals surface area contributed by atoms with Crippen LogP contribution in [0.15, 0.2) is 66.9 Å². The highest BCUT2D eigenvalue weighted by molar-refractivity contribution is 5.97. The number of aromatic nitrogens is 2. The summed E-state index contributed by atoms with van der Waals surface area (Å²) in [5.41, 5.74) is 3.61. The molecule has 1 aliphatic heterocycles. The molecule has 48 heavy (non-hydrogen) atoms. The van der Waals surface area contributed by atoms with Gasteiger partial charge in [0.2, 0.25) is 11.8 Å². The van der Waals surface area contributed by atoms with Gasteiger partial charge in [0.05, 0.1) is 6.04 Å². The Morgan fingerprint density at radius 1 is 0.875 bits per heavy atom. The SMILES string of the molecule is CCC(=O)N[C@H](Cc1ccc(CCC(=O)[C@@H](NC(=O)c2ccnn2C)C2CCCCC2)cc1)C(=O)N1CC[C@@H](NCc2ccccc2)C1. The van der Waals surface area contributed by atoms with Crippen LogP contribution in [-0.2, 0) is 40.8 Å². The third-order valence-corrected chi connectivity index (χ3v) is 9.82. The van der Waals surface area contributed by atoms with Gasteiger partial charge in [0.25, 0.3) is 5.91 Å². The van der Waals surface area contributed by atoms with Crippen LogP contribution in [0.2, 0.25) is 0 Å². The number of aryl methyl sites for hydroxylation is 2. The summed E-state index contributed by atoms with van der Waals surface area (Å²) in [7, 11) is 1.72. The molecule has 1 saturated carbocycles. The van der Waals surface area contributed by atoms with Crippen molar-refractivity contribution >= 4 is 23.5 Å². The highest BCUT2D eigenvalue weighted by Gasteiger charge is 2.33. The molecule has 10 heteroatoms. The van der Waals surface area contributed by atoms with Crippen molar-refractivity contribution in [3.8, 4) is 0 Å². The molecule has 1 aromatic heterocycles. The third-order valence-electron chi connectivity index (χ3n) is 9.82. The van der Waals surface area contributed by atoms with E-state index in [1.807, 2.05) is 47.4 Å². The summed E-state index contributed by atoms with van der Waals surface area (Å²) in [5, 5.41) is 13.7. The van der Waals surface area contributed by atoms with Crippen molar-refractivity contribution in [2.24, 2.45) is 13.0 Å². The predicted molar refractivity (Wildman–Crippen MR) is 185 cm³/mol. The number of ketones is 1. The third kappa shape index (κ3) is 9.62. The second-order valence-corrected chi connectivity index (χ2v) is 13.3. The van der Waals surface area contributed by atoms with E-state index in [-0.39, 0.29) is 35.5 Å². The number of benzene rings is 2. The molecule has 2 aliphatic rings. The Morgan fingerprint density at radius 3 is 2.29 bits per heavy atom. The first-order valence-corrected chi connectivity index (χ1v) is 17.6. The van der Waals surface area contributed by atoms with Crippen LogP contribution >= 0.6 is 0 Å². The minimum atomic E-state index is -0.642. The molecule has 3 atom stereocenters. The highest BCUT2D eigenvalue weighted by Crippen LogP contribution is 2.28. The fraction of sp³-hybridized carbons (Fsp3) is 0.500. The second-order valence-electron chi connectivity index (χ2n) is 13.3. The smallest absolute Gasteiger partial charge is 0.270 e. The summed E-state index contributed by atoms with van der Waals surface area (Å²) in [6.07, 6.45) is 9.23. The molecule has 256 valence electrons. The van der Waals surface area contributed by atoms with Crippen molar-refractivity contribution in [3.63, 3.8) is 0 Å². The van der Waals surface area contributed by atoms with Crippen LogP contribution in [0, 0.1) is 5.92 Å². The number of hydrogen-bond donors (Lipinski definition) is 3. The maximum absolute atomic E-state index is 13.6. The summed E-state index contributed by atoms with van der Waals surface area (Å²) >= 11 is 0. The second kappa shape index (κ2) is 17.2. The van der Waals surface area contributed by atoms with Crippen LogP contribution in [0.25, 0.3) is 0 Å². The average Bonchev–Trinajstić information content (AvgIpc) is 3.78. The van der Waals surface area contributed by atoms with Gasteiger partial charge in [-0.2, -0.15) is 5.10 Å². The number of rotatable bonds is 15. The monoisotopic (exact) mass is 654 g/mol. The van der Waals surface area contributed by atoms with E-state index in [4.69, 9.17) is 0 Å². The largest absolute Gasteiger partial charge is 0.344 e. The normalized spacial score (nSPS) is 17.9. The number of hydrogen-bond acceptors (Lipinski definition) is 6. The van der Waals surface area contributed by atoms with E-state index in [0.29, 0.717) is 44.5 Å². The van der Waals surface area contributed by atoms with Crippen molar-refractivity contribution in [1.29, 1.82) is 0 Å². The molecule has 1 aliphatic carbocycles. The van der Waals surface area contributed by atoms with Crippen molar-refractivity contribution in [3.05, 3.63) is 89.2 Å². The predicted octanol–water partition coefficient (Wildman–Crippen LogP) is 4.13. The molecular weight excluding hydrogens is 604 g/mol. The zero-order valence-corrected chi connectivity index (χ0v) is 28.3. The van der Waals surface area contributed by atoms with E-state index in [2.05, 4.69) is 33.2 Å². The van der Waals surface area contributed by atoms with Gasteiger partial charge in [0.1, 0.15) is 11.7 Å². The lowest BCUT2D eigenvalue weighted by Crippen LogP contribution is -2.49. The molecule has 10 nitrogen and oxygen atoms in total. The molecule has 0 radical (unpaired) electrons. The average molecular weight is 655 g/mol. The van der Waals surface area contributed by atoms with E-state index in [1.165, 1.54) is 16.7 Å². The topological polar surface area (TPSA) is 125 Å². The van der Waals surface area contributed by atoms with Crippen molar-refractivity contribution in [2.45, 2.75) is 95.8 Å². The van der Waals surface area contributed by atoms with Gasteiger partial charge in [-0.05, 0) is 54.4 Å². The standard InChI is InChI=1S/C38H50N6O4/c1-3-35(46)41-32(38(48)44-23-21-31(26-44)39-25-29-10-6-4-7-11-29)24-28-16-14-27(15-17-28)18-19-34(45)36(30-12-8-5-9-13-30)42-37(47)33-20-22-40-43(33)2/h4,6-7,10-11,14-17,20,22,30-32,36,39H,3,5,8-9,12-13,18-19,21,23-26H2,1-2H3,(H,41,46)(H,42,47)/t31-,32-,36+/m1/s1. The number of nitrogens with zero attached hydrogens (tertiary/aromatic N) is 3. The number of amides is 3. The maximum atomic E-state index is 13.6. The molecule has 1 saturated heterocycles. The first-order valence-electron chi connectivity index (χ1n) is 17.6. The van der Waals surface area contributed by atoms with Gasteiger partial charge in [-0.1, -0.05) is 80.8 Å². The zero-order chi connectivity index (χ0) is 33.9.